The highest BCUT2D eigenvalue weighted by Crippen LogP contribution is 2.20. The highest BCUT2D eigenvalue weighted by Gasteiger charge is 2.13. The molecule has 4 nitrogen and oxygen atoms in total. The Balaban J connectivity index is 2.04. The van der Waals surface area contributed by atoms with Crippen LogP contribution in [-0.2, 0) is 4.74 Å². The fourth-order valence-corrected chi connectivity index (χ4v) is 1.61. The molecule has 4 heteroatoms. The van der Waals surface area contributed by atoms with E-state index in [9.17, 15) is 0 Å². The number of oxime groups is 1. The van der Waals surface area contributed by atoms with Crippen LogP contribution < -0.4 is 5.73 Å². The lowest BCUT2D eigenvalue weighted by atomic mass is 9.98. The van der Waals surface area contributed by atoms with Gasteiger partial charge in [0.15, 0.2) is 0 Å². The molecule has 1 aliphatic rings. The average molecular weight is 186 g/mol. The van der Waals surface area contributed by atoms with Crippen molar-refractivity contribution in [3.05, 3.63) is 0 Å². The van der Waals surface area contributed by atoms with E-state index in [4.69, 9.17) is 15.7 Å². The lowest BCUT2D eigenvalue weighted by Crippen LogP contribution is -2.20. The van der Waals surface area contributed by atoms with Crippen LogP contribution >= 0.6 is 0 Å². The first-order valence-electron chi connectivity index (χ1n) is 4.91. The first kappa shape index (κ1) is 10.3. The SMILES string of the molecule is N/C(CCOC1CCCCC1)=N\O. The zero-order chi connectivity index (χ0) is 9.52. The largest absolute Gasteiger partial charge is 0.409 e. The predicted octanol–water partition coefficient (Wildman–Crippen LogP) is 1.47. The van der Waals surface area contributed by atoms with Crippen LogP contribution in [-0.4, -0.2) is 23.8 Å². The number of hydrogen-bond donors (Lipinski definition) is 2. The number of amidine groups is 1. The second kappa shape index (κ2) is 5.80. The second-order valence-electron chi connectivity index (χ2n) is 3.47. The smallest absolute Gasteiger partial charge is 0.141 e. The molecule has 0 radical (unpaired) electrons. The molecule has 0 saturated heterocycles. The topological polar surface area (TPSA) is 67.8 Å². The Kier molecular flexibility index (Phi) is 4.60. The molecule has 1 fully saturated rings. The first-order valence-corrected chi connectivity index (χ1v) is 4.91. The Morgan fingerprint density at radius 3 is 2.69 bits per heavy atom. The summed E-state index contributed by atoms with van der Waals surface area (Å²) in [5, 5.41) is 11.2. The molecule has 1 saturated carbocycles. The van der Waals surface area contributed by atoms with Crippen LogP contribution in [0, 0.1) is 0 Å². The summed E-state index contributed by atoms with van der Waals surface area (Å²) < 4.78 is 5.58. The zero-order valence-corrected chi connectivity index (χ0v) is 7.91. The van der Waals surface area contributed by atoms with E-state index in [0.29, 0.717) is 19.1 Å². The summed E-state index contributed by atoms with van der Waals surface area (Å²) in [6, 6.07) is 0. The lowest BCUT2D eigenvalue weighted by molar-refractivity contribution is 0.0324. The molecule has 0 aliphatic heterocycles. The first-order chi connectivity index (χ1) is 6.33. The molecule has 13 heavy (non-hydrogen) atoms. The molecule has 1 rings (SSSR count). The Labute approximate surface area is 78.7 Å². The highest BCUT2D eigenvalue weighted by atomic mass is 16.5. The Morgan fingerprint density at radius 2 is 2.08 bits per heavy atom. The van der Waals surface area contributed by atoms with Crippen LogP contribution in [0.5, 0.6) is 0 Å². The third kappa shape index (κ3) is 4.12. The van der Waals surface area contributed by atoms with Crippen LogP contribution in [0.15, 0.2) is 5.16 Å². The standard InChI is InChI=1S/C9H18N2O2/c10-9(11-12)6-7-13-8-4-2-1-3-5-8/h8,12H,1-7H2,(H2,10,11). The van der Waals surface area contributed by atoms with E-state index >= 15 is 0 Å². The number of hydrogen-bond acceptors (Lipinski definition) is 3. The summed E-state index contributed by atoms with van der Waals surface area (Å²) in [7, 11) is 0. The molecule has 0 atom stereocenters. The summed E-state index contributed by atoms with van der Waals surface area (Å²) in [6.45, 7) is 0.570. The third-order valence-corrected chi connectivity index (χ3v) is 2.39. The van der Waals surface area contributed by atoms with Crippen molar-refractivity contribution >= 4 is 5.84 Å². The van der Waals surface area contributed by atoms with Gasteiger partial charge in [-0.1, -0.05) is 24.4 Å². The van der Waals surface area contributed by atoms with Gasteiger partial charge in [-0.25, -0.2) is 0 Å². The van der Waals surface area contributed by atoms with Crippen molar-refractivity contribution in [1.82, 2.24) is 0 Å². The maximum atomic E-state index is 8.28. The number of nitrogens with two attached hydrogens (primary N) is 1. The van der Waals surface area contributed by atoms with E-state index in [1.165, 1.54) is 19.3 Å². The van der Waals surface area contributed by atoms with Crippen molar-refractivity contribution in [2.75, 3.05) is 6.61 Å². The van der Waals surface area contributed by atoms with Gasteiger partial charge in [0.2, 0.25) is 0 Å². The summed E-state index contributed by atoms with van der Waals surface area (Å²) in [4.78, 5) is 0. The van der Waals surface area contributed by atoms with Crippen molar-refractivity contribution in [2.24, 2.45) is 10.9 Å². The van der Waals surface area contributed by atoms with E-state index in [-0.39, 0.29) is 5.84 Å². The molecule has 3 N–H and O–H groups in total. The van der Waals surface area contributed by atoms with Gasteiger partial charge in [-0.15, -0.1) is 0 Å². The highest BCUT2D eigenvalue weighted by molar-refractivity contribution is 5.79. The molecule has 0 heterocycles. The van der Waals surface area contributed by atoms with Crippen molar-refractivity contribution in [2.45, 2.75) is 44.6 Å². The van der Waals surface area contributed by atoms with Crippen molar-refractivity contribution in [3.8, 4) is 0 Å². The number of ether oxygens (including phenoxy) is 1. The van der Waals surface area contributed by atoms with Crippen molar-refractivity contribution < 1.29 is 9.94 Å². The van der Waals surface area contributed by atoms with Crippen LogP contribution in [0.25, 0.3) is 0 Å². The molecule has 0 spiro atoms. The van der Waals surface area contributed by atoms with Crippen molar-refractivity contribution in [3.63, 3.8) is 0 Å². The number of rotatable bonds is 4. The van der Waals surface area contributed by atoms with Gasteiger partial charge in [0.1, 0.15) is 5.84 Å². The predicted molar refractivity (Wildman–Crippen MR) is 50.9 cm³/mol. The van der Waals surface area contributed by atoms with E-state index in [1.54, 1.807) is 0 Å². The molecule has 76 valence electrons. The molecule has 0 bridgehead atoms. The summed E-state index contributed by atoms with van der Waals surface area (Å²) in [5.41, 5.74) is 5.31. The third-order valence-electron chi connectivity index (χ3n) is 2.39. The van der Waals surface area contributed by atoms with E-state index in [2.05, 4.69) is 5.16 Å². The van der Waals surface area contributed by atoms with Crippen LogP contribution in [0.1, 0.15) is 38.5 Å². The average Bonchev–Trinajstić information content (AvgIpc) is 2.19. The van der Waals surface area contributed by atoms with Crippen LogP contribution in [0.4, 0.5) is 0 Å². The van der Waals surface area contributed by atoms with Gasteiger partial charge in [0, 0.05) is 6.42 Å². The van der Waals surface area contributed by atoms with E-state index in [0.717, 1.165) is 12.8 Å². The molecule has 0 aromatic carbocycles. The molecule has 1 aliphatic carbocycles. The quantitative estimate of drug-likeness (QED) is 0.302. The minimum absolute atomic E-state index is 0.246. The monoisotopic (exact) mass is 186 g/mol. The van der Waals surface area contributed by atoms with Crippen LogP contribution in [0.3, 0.4) is 0 Å². The van der Waals surface area contributed by atoms with Gasteiger partial charge >= 0.3 is 0 Å². The molecule has 0 unspecified atom stereocenters. The number of nitrogens with zero attached hydrogens (tertiary/aromatic N) is 1. The van der Waals surface area contributed by atoms with E-state index < -0.39 is 0 Å². The second-order valence-corrected chi connectivity index (χ2v) is 3.47. The minimum atomic E-state index is 0.246. The Bertz CT molecular complexity index is 165. The molecule has 0 amide bonds. The van der Waals surface area contributed by atoms with Gasteiger partial charge in [0.25, 0.3) is 0 Å². The van der Waals surface area contributed by atoms with E-state index in [1.807, 2.05) is 0 Å². The lowest BCUT2D eigenvalue weighted by Gasteiger charge is -2.21. The minimum Gasteiger partial charge on any atom is -0.409 e. The maximum absolute atomic E-state index is 8.28. The Morgan fingerprint density at radius 1 is 1.38 bits per heavy atom. The summed E-state index contributed by atoms with van der Waals surface area (Å²) >= 11 is 0. The molecular weight excluding hydrogens is 168 g/mol. The molecule has 0 aromatic heterocycles. The molecular formula is C9H18N2O2. The summed E-state index contributed by atoms with van der Waals surface area (Å²) in [5.74, 6) is 0.246. The zero-order valence-electron chi connectivity index (χ0n) is 7.91. The summed E-state index contributed by atoms with van der Waals surface area (Å²) in [6.07, 6.45) is 7.13. The fourth-order valence-electron chi connectivity index (χ4n) is 1.61. The maximum Gasteiger partial charge on any atom is 0.141 e. The normalized spacial score (nSPS) is 20.5. The van der Waals surface area contributed by atoms with Gasteiger partial charge < -0.3 is 15.7 Å². The Hall–Kier alpha value is -0.770. The van der Waals surface area contributed by atoms with Gasteiger partial charge in [-0.2, -0.15) is 0 Å². The molecule has 0 aromatic rings. The van der Waals surface area contributed by atoms with Gasteiger partial charge in [-0.3, -0.25) is 0 Å². The van der Waals surface area contributed by atoms with Crippen LogP contribution in [0.2, 0.25) is 0 Å². The van der Waals surface area contributed by atoms with Gasteiger partial charge in [0.05, 0.1) is 12.7 Å². The fraction of sp³-hybridized carbons (Fsp3) is 0.889. The van der Waals surface area contributed by atoms with Crippen molar-refractivity contribution in [1.29, 1.82) is 0 Å². The van der Waals surface area contributed by atoms with Gasteiger partial charge in [-0.05, 0) is 12.8 Å².